The van der Waals surface area contributed by atoms with Gasteiger partial charge in [-0.3, -0.25) is 14.4 Å². The Labute approximate surface area is 211 Å². The van der Waals surface area contributed by atoms with Gasteiger partial charge in [0.1, 0.15) is 17.9 Å². The van der Waals surface area contributed by atoms with E-state index in [0.29, 0.717) is 38.2 Å². The van der Waals surface area contributed by atoms with Crippen LogP contribution >= 0.6 is 0 Å². The van der Waals surface area contributed by atoms with Crippen LogP contribution in [0.3, 0.4) is 0 Å². The molecule has 2 heterocycles. The van der Waals surface area contributed by atoms with E-state index in [1.165, 1.54) is 24.6 Å². The van der Waals surface area contributed by atoms with Crippen LogP contribution in [0, 0.1) is 5.82 Å². The summed E-state index contributed by atoms with van der Waals surface area (Å²) in [5.41, 5.74) is 0.418. The van der Waals surface area contributed by atoms with Crippen LogP contribution < -0.4 is 10.2 Å². The molecule has 0 radical (unpaired) electrons. The number of hydrogen-bond donors (Lipinski definition) is 1. The number of likely N-dealkylation sites (tertiary alicyclic amines) is 1. The number of benzene rings is 2. The summed E-state index contributed by atoms with van der Waals surface area (Å²) in [6.07, 6.45) is 6.35. The third-order valence-corrected chi connectivity index (χ3v) is 7.84. The van der Waals surface area contributed by atoms with Gasteiger partial charge in [-0.05, 0) is 56.0 Å². The van der Waals surface area contributed by atoms with Crippen molar-refractivity contribution in [1.82, 2.24) is 15.1 Å². The van der Waals surface area contributed by atoms with Crippen LogP contribution in [0.5, 0.6) is 0 Å². The van der Waals surface area contributed by atoms with E-state index in [1.54, 1.807) is 15.9 Å². The number of nitrogens with one attached hydrogen (secondary N) is 1. The van der Waals surface area contributed by atoms with Crippen molar-refractivity contribution in [2.75, 3.05) is 31.2 Å². The summed E-state index contributed by atoms with van der Waals surface area (Å²) in [7, 11) is 0. The minimum absolute atomic E-state index is 0.0341. The molecule has 3 fully saturated rings. The zero-order chi connectivity index (χ0) is 25.1. The fourth-order valence-electron chi connectivity index (χ4n) is 5.90. The fraction of sp³-hybridized carbons (Fsp3) is 0.464. The number of amides is 3. The first-order valence-electron chi connectivity index (χ1n) is 12.9. The molecule has 3 aliphatic rings. The Bertz CT molecular complexity index is 1110. The van der Waals surface area contributed by atoms with Crippen LogP contribution in [0.4, 0.5) is 10.1 Å². The van der Waals surface area contributed by atoms with Crippen LogP contribution in [-0.2, 0) is 9.59 Å². The van der Waals surface area contributed by atoms with Gasteiger partial charge in [0, 0.05) is 30.4 Å². The second-order valence-electron chi connectivity index (χ2n) is 10.1. The van der Waals surface area contributed by atoms with Gasteiger partial charge in [0.2, 0.25) is 5.91 Å². The van der Waals surface area contributed by atoms with E-state index >= 15 is 0 Å². The largest absolute Gasteiger partial charge is 0.352 e. The monoisotopic (exact) mass is 492 g/mol. The van der Waals surface area contributed by atoms with Crippen LogP contribution in [0.25, 0.3) is 0 Å². The van der Waals surface area contributed by atoms with Crippen molar-refractivity contribution in [1.29, 1.82) is 0 Å². The SMILES string of the molecule is O=C(CN1CN(c2ccccc2)C2(CCN(C(=O)c3cccc(F)c3)CC2)C1=O)NC1CCCCC1. The summed E-state index contributed by atoms with van der Waals surface area (Å²) < 4.78 is 13.7. The molecule has 1 saturated carbocycles. The van der Waals surface area contributed by atoms with Gasteiger partial charge in [-0.2, -0.15) is 0 Å². The van der Waals surface area contributed by atoms with Crippen molar-refractivity contribution >= 4 is 23.4 Å². The Morgan fingerprint density at radius 2 is 1.69 bits per heavy atom. The molecule has 8 heteroatoms. The zero-order valence-electron chi connectivity index (χ0n) is 20.5. The number of carbonyl (C=O) groups excluding carboxylic acids is 3. The fourth-order valence-corrected chi connectivity index (χ4v) is 5.90. The van der Waals surface area contributed by atoms with Crippen molar-refractivity contribution in [3.63, 3.8) is 0 Å². The molecule has 36 heavy (non-hydrogen) atoms. The van der Waals surface area contributed by atoms with Crippen LogP contribution in [0.2, 0.25) is 0 Å². The lowest BCUT2D eigenvalue weighted by Crippen LogP contribution is -2.57. The molecule has 2 saturated heterocycles. The van der Waals surface area contributed by atoms with Gasteiger partial charge in [0.15, 0.2) is 0 Å². The average molecular weight is 493 g/mol. The first-order valence-corrected chi connectivity index (χ1v) is 12.9. The molecule has 1 aliphatic carbocycles. The van der Waals surface area contributed by atoms with E-state index in [1.807, 2.05) is 30.3 Å². The van der Waals surface area contributed by atoms with Gasteiger partial charge >= 0.3 is 0 Å². The number of halogens is 1. The summed E-state index contributed by atoms with van der Waals surface area (Å²) in [5.74, 6) is -0.857. The molecule has 0 atom stereocenters. The molecular weight excluding hydrogens is 459 g/mol. The number of piperidine rings is 1. The normalized spacial score (nSPS) is 20.1. The molecule has 2 aromatic rings. The number of rotatable bonds is 5. The lowest BCUT2D eigenvalue weighted by molar-refractivity contribution is -0.137. The first-order chi connectivity index (χ1) is 17.5. The second kappa shape index (κ2) is 10.3. The highest BCUT2D eigenvalue weighted by molar-refractivity contribution is 5.97. The highest BCUT2D eigenvalue weighted by atomic mass is 19.1. The Balaban J connectivity index is 1.31. The molecule has 1 N–H and O–H groups in total. The maximum atomic E-state index is 13.8. The topological polar surface area (TPSA) is 73.0 Å². The minimum Gasteiger partial charge on any atom is -0.352 e. The summed E-state index contributed by atoms with van der Waals surface area (Å²) in [6.45, 7) is 1.13. The van der Waals surface area contributed by atoms with Crippen LogP contribution in [-0.4, -0.2) is 65.4 Å². The molecule has 2 aliphatic heterocycles. The molecule has 0 unspecified atom stereocenters. The standard InChI is InChI=1S/C28H33FN4O3/c29-22-9-7-8-21(18-22)26(35)31-16-14-28(15-17-31)27(36)32(20-33(28)24-12-5-2-6-13-24)19-25(34)30-23-10-3-1-4-11-23/h2,5-9,12-13,18,23H,1,3-4,10-11,14-17,19-20H2,(H,30,34). The van der Waals surface area contributed by atoms with Crippen molar-refractivity contribution in [2.24, 2.45) is 0 Å². The summed E-state index contributed by atoms with van der Waals surface area (Å²) >= 11 is 0. The Hall–Kier alpha value is -3.42. The quantitative estimate of drug-likeness (QED) is 0.693. The number of anilines is 1. The molecule has 2 aromatic carbocycles. The lowest BCUT2D eigenvalue weighted by atomic mass is 9.85. The van der Waals surface area contributed by atoms with Crippen molar-refractivity contribution in [3.05, 3.63) is 66.0 Å². The second-order valence-corrected chi connectivity index (χ2v) is 10.1. The van der Waals surface area contributed by atoms with E-state index in [0.717, 1.165) is 31.4 Å². The third-order valence-electron chi connectivity index (χ3n) is 7.84. The molecular formula is C28H33FN4O3. The molecule has 190 valence electrons. The number of carbonyl (C=O) groups is 3. The smallest absolute Gasteiger partial charge is 0.253 e. The maximum absolute atomic E-state index is 13.8. The molecule has 7 nitrogen and oxygen atoms in total. The predicted molar refractivity (Wildman–Crippen MR) is 135 cm³/mol. The maximum Gasteiger partial charge on any atom is 0.253 e. The molecule has 1 spiro atoms. The van der Waals surface area contributed by atoms with E-state index in [2.05, 4.69) is 10.2 Å². The highest BCUT2D eigenvalue weighted by Crippen LogP contribution is 2.39. The van der Waals surface area contributed by atoms with Crippen LogP contribution in [0.1, 0.15) is 55.3 Å². The Morgan fingerprint density at radius 3 is 2.39 bits per heavy atom. The molecule has 0 aromatic heterocycles. The zero-order valence-corrected chi connectivity index (χ0v) is 20.5. The Kier molecular flexibility index (Phi) is 6.94. The Morgan fingerprint density at radius 1 is 0.972 bits per heavy atom. The summed E-state index contributed by atoms with van der Waals surface area (Å²) in [4.78, 5) is 45.1. The van der Waals surface area contributed by atoms with Crippen LogP contribution in [0.15, 0.2) is 54.6 Å². The number of hydrogen-bond acceptors (Lipinski definition) is 4. The van der Waals surface area contributed by atoms with Gasteiger partial charge in [-0.15, -0.1) is 0 Å². The first kappa shape index (κ1) is 24.3. The van der Waals surface area contributed by atoms with Gasteiger partial charge in [0.05, 0.1) is 6.67 Å². The minimum atomic E-state index is -0.814. The highest BCUT2D eigenvalue weighted by Gasteiger charge is 2.54. The summed E-state index contributed by atoms with van der Waals surface area (Å²) in [6, 6.07) is 15.7. The van der Waals surface area contributed by atoms with E-state index in [9.17, 15) is 18.8 Å². The molecule has 5 rings (SSSR count). The average Bonchev–Trinajstić information content (AvgIpc) is 3.16. The number of para-hydroxylation sites is 1. The van der Waals surface area contributed by atoms with Crippen molar-refractivity contribution in [2.45, 2.75) is 56.5 Å². The number of nitrogens with zero attached hydrogens (tertiary/aromatic N) is 3. The van der Waals surface area contributed by atoms with Gasteiger partial charge < -0.3 is 20.0 Å². The summed E-state index contributed by atoms with van der Waals surface area (Å²) in [5, 5.41) is 3.12. The molecule has 0 bridgehead atoms. The predicted octanol–water partition coefficient (Wildman–Crippen LogP) is 3.56. The van der Waals surface area contributed by atoms with E-state index in [4.69, 9.17) is 0 Å². The van der Waals surface area contributed by atoms with Gasteiger partial charge in [0.25, 0.3) is 11.8 Å². The lowest BCUT2D eigenvalue weighted by Gasteiger charge is -2.43. The molecule has 3 amide bonds. The third kappa shape index (κ3) is 4.81. The van der Waals surface area contributed by atoms with Crippen molar-refractivity contribution in [3.8, 4) is 0 Å². The van der Waals surface area contributed by atoms with Gasteiger partial charge in [-0.1, -0.05) is 43.5 Å². The van der Waals surface area contributed by atoms with E-state index in [-0.39, 0.29) is 30.3 Å². The van der Waals surface area contributed by atoms with Crippen molar-refractivity contribution < 1.29 is 18.8 Å². The van der Waals surface area contributed by atoms with E-state index < -0.39 is 11.4 Å². The van der Waals surface area contributed by atoms with Gasteiger partial charge in [-0.25, -0.2) is 4.39 Å².